The molecule has 132 valence electrons. The number of β-lactam (4-membered cyclic amide) rings is 1. The molecule has 0 saturated carbocycles. The molecule has 1 fully saturated rings. The number of nitrogens with zero attached hydrogens (tertiary/aromatic N) is 1. The lowest BCUT2D eigenvalue weighted by atomic mass is 10.0. The summed E-state index contributed by atoms with van der Waals surface area (Å²) >= 11 is 1.44. The van der Waals surface area contributed by atoms with E-state index in [2.05, 4.69) is 5.32 Å². The normalized spacial score (nSPS) is 22.0. The van der Waals surface area contributed by atoms with Crippen molar-refractivity contribution < 1.29 is 23.9 Å². The number of nitrogens with one attached hydrogen (secondary N) is 1. The first-order valence-corrected chi connectivity index (χ1v) is 8.75. The summed E-state index contributed by atoms with van der Waals surface area (Å²) in [5.74, 6) is -0.361. The number of ether oxygens (including phenoxy) is 2. The fourth-order valence-electron chi connectivity index (χ4n) is 2.84. The Hall–Kier alpha value is -2.48. The minimum absolute atomic E-state index is 0.118. The summed E-state index contributed by atoms with van der Waals surface area (Å²) in [6.07, 6.45) is 0.199. The minimum Gasteiger partial charge on any atom is -0.498 e. The Kier molecular flexibility index (Phi) is 4.98. The van der Waals surface area contributed by atoms with Crippen LogP contribution in [-0.4, -0.2) is 54.1 Å². The molecule has 8 heteroatoms. The summed E-state index contributed by atoms with van der Waals surface area (Å²) in [7, 11) is 2.70. The number of carbonyl (C=O) groups excluding carboxylic acids is 3. The highest BCUT2D eigenvalue weighted by Gasteiger charge is 2.54. The van der Waals surface area contributed by atoms with Crippen LogP contribution in [0.3, 0.4) is 0 Å². The lowest BCUT2D eigenvalue weighted by Crippen LogP contribution is -2.70. The van der Waals surface area contributed by atoms with Crippen LogP contribution < -0.4 is 5.32 Å². The predicted molar refractivity (Wildman–Crippen MR) is 91.2 cm³/mol. The molecule has 1 saturated heterocycles. The standard InChI is InChI=1S/C17H18N2O5S/c1-23-11-9-25-16-13(15(21)19(16)14(11)17(22)24-2)18-12(20)8-10-6-4-3-5-7-10/h3-7,13,16H,8-9H2,1-2H3,(H,18,20)/t13-,16+/m1/s1. The van der Waals surface area contributed by atoms with Crippen molar-refractivity contribution in [1.29, 1.82) is 0 Å². The number of hydrogen-bond donors (Lipinski definition) is 1. The second-order valence-electron chi connectivity index (χ2n) is 5.58. The number of carbonyl (C=O) groups is 3. The summed E-state index contributed by atoms with van der Waals surface area (Å²) in [5.41, 5.74) is 0.990. The molecule has 7 nitrogen and oxygen atoms in total. The summed E-state index contributed by atoms with van der Waals surface area (Å²) in [5, 5.41) is 2.42. The van der Waals surface area contributed by atoms with Gasteiger partial charge in [-0.3, -0.25) is 14.5 Å². The Balaban J connectivity index is 1.70. The molecule has 0 spiro atoms. The molecule has 3 rings (SSSR count). The quantitative estimate of drug-likeness (QED) is 0.612. The number of benzene rings is 1. The number of esters is 1. The van der Waals surface area contributed by atoms with Gasteiger partial charge in [0, 0.05) is 0 Å². The Morgan fingerprint density at radius 2 is 2.00 bits per heavy atom. The van der Waals surface area contributed by atoms with Gasteiger partial charge in [0.15, 0.2) is 5.70 Å². The number of rotatable bonds is 5. The third-order valence-corrected chi connectivity index (χ3v) is 5.34. The molecule has 2 amide bonds. The average Bonchev–Trinajstić information content (AvgIpc) is 2.64. The first kappa shape index (κ1) is 17.3. The molecule has 0 aromatic heterocycles. The monoisotopic (exact) mass is 362 g/mol. The van der Waals surface area contributed by atoms with Crippen molar-refractivity contribution in [1.82, 2.24) is 10.2 Å². The van der Waals surface area contributed by atoms with Gasteiger partial charge in [-0.1, -0.05) is 30.3 Å². The van der Waals surface area contributed by atoms with Crippen molar-refractivity contribution in [2.75, 3.05) is 20.0 Å². The smallest absolute Gasteiger partial charge is 0.358 e. The van der Waals surface area contributed by atoms with Crippen LogP contribution >= 0.6 is 11.8 Å². The maximum Gasteiger partial charge on any atom is 0.358 e. The van der Waals surface area contributed by atoms with Crippen LogP contribution in [0.5, 0.6) is 0 Å². The zero-order chi connectivity index (χ0) is 18.0. The lowest BCUT2D eigenvalue weighted by Gasteiger charge is -2.49. The molecule has 2 aliphatic rings. The third-order valence-electron chi connectivity index (χ3n) is 4.08. The van der Waals surface area contributed by atoms with Crippen molar-refractivity contribution in [3.05, 3.63) is 47.4 Å². The molecule has 1 N–H and O–H groups in total. The van der Waals surface area contributed by atoms with Gasteiger partial charge in [0.25, 0.3) is 5.91 Å². The van der Waals surface area contributed by atoms with Gasteiger partial charge in [0.2, 0.25) is 5.91 Å². The highest BCUT2D eigenvalue weighted by Crippen LogP contribution is 2.40. The Labute approximate surface area is 149 Å². The number of thioether (sulfide) groups is 1. The molecule has 0 bridgehead atoms. The summed E-state index contributed by atoms with van der Waals surface area (Å²) < 4.78 is 9.95. The van der Waals surface area contributed by atoms with Gasteiger partial charge in [0.1, 0.15) is 17.2 Å². The molecule has 0 unspecified atom stereocenters. The van der Waals surface area contributed by atoms with E-state index in [1.165, 1.54) is 30.9 Å². The molecule has 2 atom stereocenters. The molecule has 25 heavy (non-hydrogen) atoms. The molecular weight excluding hydrogens is 344 g/mol. The number of fused-ring (bicyclic) bond motifs is 1. The van der Waals surface area contributed by atoms with Crippen molar-refractivity contribution in [2.24, 2.45) is 0 Å². The van der Waals surface area contributed by atoms with Crippen LogP contribution in [0.1, 0.15) is 5.56 Å². The lowest BCUT2D eigenvalue weighted by molar-refractivity contribution is -0.152. The highest BCUT2D eigenvalue weighted by atomic mass is 32.2. The molecule has 2 aliphatic heterocycles. The van der Waals surface area contributed by atoms with E-state index in [0.29, 0.717) is 11.5 Å². The van der Waals surface area contributed by atoms with Gasteiger partial charge in [-0.25, -0.2) is 4.79 Å². The maximum absolute atomic E-state index is 12.5. The highest BCUT2D eigenvalue weighted by molar-refractivity contribution is 8.00. The third kappa shape index (κ3) is 3.21. The van der Waals surface area contributed by atoms with Gasteiger partial charge in [-0.2, -0.15) is 0 Å². The van der Waals surface area contributed by atoms with Crippen LogP contribution in [-0.2, 0) is 30.3 Å². The van der Waals surface area contributed by atoms with E-state index >= 15 is 0 Å². The average molecular weight is 362 g/mol. The molecule has 1 aromatic rings. The van der Waals surface area contributed by atoms with Crippen molar-refractivity contribution in [3.8, 4) is 0 Å². The maximum atomic E-state index is 12.5. The minimum atomic E-state index is -0.653. The molecule has 2 heterocycles. The van der Waals surface area contributed by atoms with Crippen molar-refractivity contribution in [3.63, 3.8) is 0 Å². The summed E-state index contributed by atoms with van der Waals surface area (Å²) in [6, 6.07) is 8.64. The zero-order valence-corrected chi connectivity index (χ0v) is 14.7. The van der Waals surface area contributed by atoms with E-state index < -0.39 is 12.0 Å². The molecule has 0 radical (unpaired) electrons. The molecule has 0 aliphatic carbocycles. The van der Waals surface area contributed by atoms with Crippen LogP contribution in [0, 0.1) is 0 Å². The van der Waals surface area contributed by atoms with Gasteiger partial charge in [-0.05, 0) is 5.56 Å². The number of hydrogen-bond acceptors (Lipinski definition) is 6. The summed E-state index contributed by atoms with van der Waals surface area (Å²) in [4.78, 5) is 38.0. The van der Waals surface area contributed by atoms with Crippen LogP contribution in [0.15, 0.2) is 41.8 Å². The van der Waals surface area contributed by atoms with E-state index in [0.717, 1.165) is 5.56 Å². The van der Waals surface area contributed by atoms with E-state index in [1.54, 1.807) is 0 Å². The first-order chi connectivity index (χ1) is 12.1. The SMILES string of the molecule is COC(=O)C1=C(OC)CS[C@H]2[C@H](NC(=O)Cc3ccccc3)C(=O)N12. The zero-order valence-electron chi connectivity index (χ0n) is 13.9. The first-order valence-electron chi connectivity index (χ1n) is 7.70. The molecule has 1 aromatic carbocycles. The summed E-state index contributed by atoms with van der Waals surface area (Å²) in [6.45, 7) is 0. The van der Waals surface area contributed by atoms with Crippen molar-refractivity contribution >= 4 is 29.5 Å². The fraction of sp³-hybridized carbons (Fsp3) is 0.353. The van der Waals surface area contributed by atoms with Crippen LogP contribution in [0.4, 0.5) is 0 Å². The van der Waals surface area contributed by atoms with E-state index in [1.807, 2.05) is 30.3 Å². The second-order valence-corrected chi connectivity index (χ2v) is 6.69. The Bertz CT molecular complexity index is 734. The second kappa shape index (κ2) is 7.18. The van der Waals surface area contributed by atoms with Crippen LogP contribution in [0.25, 0.3) is 0 Å². The predicted octanol–water partition coefficient (Wildman–Crippen LogP) is 0.660. The Morgan fingerprint density at radius 3 is 2.64 bits per heavy atom. The van der Waals surface area contributed by atoms with Crippen LogP contribution in [0.2, 0.25) is 0 Å². The largest absolute Gasteiger partial charge is 0.498 e. The topological polar surface area (TPSA) is 84.9 Å². The van der Waals surface area contributed by atoms with Crippen molar-refractivity contribution in [2.45, 2.75) is 17.8 Å². The van der Waals surface area contributed by atoms with Gasteiger partial charge in [0.05, 0.1) is 26.4 Å². The number of amides is 2. The fourth-order valence-corrected chi connectivity index (χ4v) is 4.15. The van der Waals surface area contributed by atoms with E-state index in [9.17, 15) is 14.4 Å². The van der Waals surface area contributed by atoms with E-state index in [4.69, 9.17) is 9.47 Å². The van der Waals surface area contributed by atoms with Gasteiger partial charge >= 0.3 is 5.97 Å². The van der Waals surface area contributed by atoms with E-state index in [-0.39, 0.29) is 29.3 Å². The Morgan fingerprint density at radius 1 is 1.28 bits per heavy atom. The van der Waals surface area contributed by atoms with Gasteiger partial charge in [-0.15, -0.1) is 11.8 Å². The number of methoxy groups -OCH3 is 2. The van der Waals surface area contributed by atoms with Gasteiger partial charge < -0.3 is 14.8 Å². The molecular formula is C17H18N2O5S.